The van der Waals surface area contributed by atoms with Crippen molar-refractivity contribution in [2.45, 2.75) is 51.1 Å². The van der Waals surface area contributed by atoms with Crippen molar-refractivity contribution in [1.29, 1.82) is 0 Å². The van der Waals surface area contributed by atoms with Crippen LogP contribution in [0.5, 0.6) is 0 Å². The van der Waals surface area contributed by atoms with E-state index in [9.17, 15) is 14.4 Å². The first-order chi connectivity index (χ1) is 14.5. The summed E-state index contributed by atoms with van der Waals surface area (Å²) in [5.41, 5.74) is 1.43. The molecule has 0 radical (unpaired) electrons. The second-order valence-corrected chi connectivity index (χ2v) is 9.69. The molecule has 0 unspecified atom stereocenters. The summed E-state index contributed by atoms with van der Waals surface area (Å²) in [5, 5.41) is 0. The first kappa shape index (κ1) is 21.2. The maximum absolute atomic E-state index is 13.3. The van der Waals surface area contributed by atoms with Gasteiger partial charge in [-0.15, -0.1) is 0 Å². The molecule has 3 heterocycles. The molecule has 1 aromatic rings. The van der Waals surface area contributed by atoms with Crippen molar-refractivity contribution in [2.75, 3.05) is 31.2 Å². The molecular formula is C23H30N2O4S. The predicted molar refractivity (Wildman–Crippen MR) is 116 cm³/mol. The van der Waals surface area contributed by atoms with Crippen molar-refractivity contribution in [2.24, 2.45) is 5.92 Å². The molecule has 2 saturated heterocycles. The molecule has 2 amide bonds. The summed E-state index contributed by atoms with van der Waals surface area (Å²) < 4.78 is 5.14. The monoisotopic (exact) mass is 430 g/mol. The van der Waals surface area contributed by atoms with E-state index in [4.69, 9.17) is 4.74 Å². The number of hydrogen-bond donors (Lipinski definition) is 0. The molecule has 0 bridgehead atoms. The first-order valence-corrected chi connectivity index (χ1v) is 12.1. The van der Waals surface area contributed by atoms with E-state index in [0.29, 0.717) is 45.5 Å². The van der Waals surface area contributed by atoms with E-state index in [1.54, 1.807) is 0 Å². The number of piperidine rings is 1. The molecule has 3 aliphatic rings. The van der Waals surface area contributed by atoms with Gasteiger partial charge < -0.3 is 14.5 Å². The maximum Gasteiger partial charge on any atom is 0.309 e. The fourth-order valence-electron chi connectivity index (χ4n) is 4.95. The zero-order valence-electron chi connectivity index (χ0n) is 17.6. The summed E-state index contributed by atoms with van der Waals surface area (Å²) >= 11 is 1.90. The van der Waals surface area contributed by atoms with Crippen LogP contribution in [0.3, 0.4) is 0 Å². The average molecular weight is 431 g/mol. The van der Waals surface area contributed by atoms with Crippen LogP contribution in [0.15, 0.2) is 24.3 Å². The highest BCUT2D eigenvalue weighted by Gasteiger charge is 2.46. The summed E-state index contributed by atoms with van der Waals surface area (Å²) in [6.45, 7) is 3.97. The van der Waals surface area contributed by atoms with E-state index in [0.717, 1.165) is 35.5 Å². The Labute approximate surface area is 182 Å². The van der Waals surface area contributed by atoms with Crippen molar-refractivity contribution in [3.8, 4) is 0 Å². The lowest BCUT2D eigenvalue weighted by atomic mass is 9.85. The molecule has 0 N–H and O–H groups in total. The molecule has 0 aliphatic carbocycles. The van der Waals surface area contributed by atoms with Crippen LogP contribution in [0.4, 0.5) is 0 Å². The van der Waals surface area contributed by atoms with Gasteiger partial charge in [-0.1, -0.05) is 18.2 Å². The standard InChI is InChI=1S/C23H30N2O4S/c1-2-29-22(28)17-7-11-24(12-8-17)20(26)15-23(9-13-30-14-10-23)25-16-18-5-3-4-6-19(18)21(25)27/h3-6,17H,2,7-16H2,1H3. The molecule has 0 spiro atoms. The van der Waals surface area contributed by atoms with Crippen LogP contribution in [0.25, 0.3) is 0 Å². The summed E-state index contributed by atoms with van der Waals surface area (Å²) in [7, 11) is 0. The molecule has 30 heavy (non-hydrogen) atoms. The number of ether oxygens (including phenoxy) is 1. The third kappa shape index (κ3) is 4.09. The van der Waals surface area contributed by atoms with E-state index >= 15 is 0 Å². The minimum atomic E-state index is -0.406. The topological polar surface area (TPSA) is 66.9 Å². The van der Waals surface area contributed by atoms with Gasteiger partial charge in [-0.3, -0.25) is 14.4 Å². The zero-order chi connectivity index (χ0) is 21.1. The SMILES string of the molecule is CCOC(=O)C1CCN(C(=O)CC2(N3Cc4ccccc4C3=O)CCSCC2)CC1. The van der Waals surface area contributed by atoms with Crippen molar-refractivity contribution < 1.29 is 19.1 Å². The van der Waals surface area contributed by atoms with Crippen LogP contribution in [-0.4, -0.2) is 64.3 Å². The Kier molecular flexibility index (Phi) is 6.37. The van der Waals surface area contributed by atoms with Gasteiger partial charge in [0.2, 0.25) is 5.91 Å². The van der Waals surface area contributed by atoms with Crippen LogP contribution in [0.1, 0.15) is 54.9 Å². The Morgan fingerprint density at radius 1 is 1.17 bits per heavy atom. The molecule has 2 fully saturated rings. The number of hydrogen-bond acceptors (Lipinski definition) is 5. The number of rotatable bonds is 5. The quantitative estimate of drug-likeness (QED) is 0.672. The number of nitrogens with zero attached hydrogens (tertiary/aromatic N) is 2. The molecular weight excluding hydrogens is 400 g/mol. The van der Waals surface area contributed by atoms with Crippen molar-refractivity contribution >= 4 is 29.5 Å². The smallest absolute Gasteiger partial charge is 0.309 e. The number of carbonyl (C=O) groups is 3. The number of thioether (sulfide) groups is 1. The molecule has 6 nitrogen and oxygen atoms in total. The van der Waals surface area contributed by atoms with E-state index in [2.05, 4.69) is 0 Å². The lowest BCUT2D eigenvalue weighted by Crippen LogP contribution is -2.54. The molecule has 0 aromatic heterocycles. The Morgan fingerprint density at radius 3 is 2.53 bits per heavy atom. The van der Waals surface area contributed by atoms with Gasteiger partial charge in [0, 0.05) is 25.2 Å². The fourth-order valence-corrected chi connectivity index (χ4v) is 6.20. The van der Waals surface area contributed by atoms with Gasteiger partial charge in [-0.25, -0.2) is 0 Å². The minimum absolute atomic E-state index is 0.0614. The number of likely N-dealkylation sites (tertiary alicyclic amines) is 1. The van der Waals surface area contributed by atoms with E-state index < -0.39 is 5.54 Å². The highest BCUT2D eigenvalue weighted by molar-refractivity contribution is 7.99. The third-order valence-electron chi connectivity index (χ3n) is 6.77. The van der Waals surface area contributed by atoms with Crippen molar-refractivity contribution in [3.63, 3.8) is 0 Å². The Hall–Kier alpha value is -2.02. The van der Waals surface area contributed by atoms with Gasteiger partial charge in [-0.2, -0.15) is 11.8 Å². The van der Waals surface area contributed by atoms with Gasteiger partial charge in [-0.05, 0) is 55.7 Å². The third-order valence-corrected chi connectivity index (χ3v) is 7.75. The lowest BCUT2D eigenvalue weighted by molar-refractivity contribution is -0.151. The average Bonchev–Trinajstić information content (AvgIpc) is 3.12. The summed E-state index contributed by atoms with van der Waals surface area (Å²) in [6, 6.07) is 7.78. The van der Waals surface area contributed by atoms with E-state index in [-0.39, 0.29) is 23.7 Å². The molecule has 1 aromatic carbocycles. The largest absolute Gasteiger partial charge is 0.466 e. The van der Waals surface area contributed by atoms with Gasteiger partial charge in [0.1, 0.15) is 0 Å². The van der Waals surface area contributed by atoms with Crippen LogP contribution in [0.2, 0.25) is 0 Å². The van der Waals surface area contributed by atoms with Crippen LogP contribution in [-0.2, 0) is 20.9 Å². The minimum Gasteiger partial charge on any atom is -0.466 e. The highest BCUT2D eigenvalue weighted by atomic mass is 32.2. The molecule has 4 rings (SSSR count). The Bertz CT molecular complexity index is 813. The Balaban J connectivity index is 1.45. The number of fused-ring (bicyclic) bond motifs is 1. The van der Waals surface area contributed by atoms with Gasteiger partial charge in [0.15, 0.2) is 0 Å². The zero-order valence-corrected chi connectivity index (χ0v) is 18.4. The van der Waals surface area contributed by atoms with Gasteiger partial charge >= 0.3 is 5.97 Å². The number of benzene rings is 1. The first-order valence-electron chi connectivity index (χ1n) is 11.0. The van der Waals surface area contributed by atoms with Crippen molar-refractivity contribution in [3.05, 3.63) is 35.4 Å². The molecule has 162 valence electrons. The molecule has 0 saturated carbocycles. The molecule has 7 heteroatoms. The fraction of sp³-hybridized carbons (Fsp3) is 0.609. The van der Waals surface area contributed by atoms with Crippen LogP contribution in [0, 0.1) is 5.92 Å². The normalized spacial score (nSPS) is 21.4. The second kappa shape index (κ2) is 9.00. The van der Waals surface area contributed by atoms with Gasteiger partial charge in [0.25, 0.3) is 5.91 Å². The molecule has 0 atom stereocenters. The number of amides is 2. The number of esters is 1. The Morgan fingerprint density at radius 2 is 1.87 bits per heavy atom. The van der Waals surface area contributed by atoms with E-state index in [1.165, 1.54) is 0 Å². The second-order valence-electron chi connectivity index (χ2n) is 8.47. The predicted octanol–water partition coefficient (Wildman–Crippen LogP) is 3.10. The van der Waals surface area contributed by atoms with Crippen molar-refractivity contribution in [1.82, 2.24) is 9.80 Å². The summed E-state index contributed by atoms with van der Waals surface area (Å²) in [5.74, 6) is 1.85. The molecule has 3 aliphatic heterocycles. The lowest BCUT2D eigenvalue weighted by Gasteiger charge is -2.45. The summed E-state index contributed by atoms with van der Waals surface area (Å²) in [6.07, 6.45) is 3.38. The highest BCUT2D eigenvalue weighted by Crippen LogP contribution is 2.41. The van der Waals surface area contributed by atoms with Crippen LogP contribution < -0.4 is 0 Å². The summed E-state index contributed by atoms with van der Waals surface area (Å²) in [4.78, 5) is 42.3. The maximum atomic E-state index is 13.3. The van der Waals surface area contributed by atoms with Gasteiger partial charge in [0.05, 0.1) is 24.5 Å². The van der Waals surface area contributed by atoms with E-state index in [1.807, 2.05) is 52.8 Å². The number of carbonyl (C=O) groups excluding carboxylic acids is 3. The van der Waals surface area contributed by atoms with Crippen LogP contribution >= 0.6 is 11.8 Å².